The van der Waals surface area contributed by atoms with Crippen LogP contribution < -0.4 is 5.73 Å². The molecule has 3 nitrogen and oxygen atoms in total. The highest BCUT2D eigenvalue weighted by Gasteiger charge is 2.27. The molecule has 2 rings (SSSR count). The Labute approximate surface area is 123 Å². The fourth-order valence-electron chi connectivity index (χ4n) is 3.65. The zero-order valence-corrected chi connectivity index (χ0v) is 13.5. The number of aromatic nitrogens is 2. The summed E-state index contributed by atoms with van der Waals surface area (Å²) in [5.74, 6) is 2.50. The normalized spacial score (nSPS) is 23.1. The molecule has 0 bridgehead atoms. The molecule has 0 saturated heterocycles. The highest BCUT2D eigenvalue weighted by molar-refractivity contribution is 5.45. The van der Waals surface area contributed by atoms with E-state index in [2.05, 4.69) is 13.8 Å². The van der Waals surface area contributed by atoms with Crippen LogP contribution in [-0.4, -0.2) is 9.78 Å². The van der Waals surface area contributed by atoms with Crippen LogP contribution in [0.4, 0.5) is 5.82 Å². The SMILES string of the molecule is CCCCC1CCC(c2nn(C)c(N)c2CCC)CC1. The van der Waals surface area contributed by atoms with Crippen molar-refractivity contribution in [1.82, 2.24) is 9.78 Å². The first kappa shape index (κ1) is 15.4. The average molecular weight is 277 g/mol. The van der Waals surface area contributed by atoms with Gasteiger partial charge in [-0.05, 0) is 38.0 Å². The van der Waals surface area contributed by atoms with E-state index >= 15 is 0 Å². The van der Waals surface area contributed by atoms with Crippen molar-refractivity contribution in [1.29, 1.82) is 0 Å². The lowest BCUT2D eigenvalue weighted by Crippen LogP contribution is -2.15. The van der Waals surface area contributed by atoms with Crippen molar-refractivity contribution in [3.8, 4) is 0 Å². The van der Waals surface area contributed by atoms with Gasteiger partial charge in [-0.25, -0.2) is 0 Å². The van der Waals surface area contributed by atoms with E-state index in [4.69, 9.17) is 10.8 Å². The minimum atomic E-state index is 0.651. The van der Waals surface area contributed by atoms with Gasteiger partial charge in [-0.1, -0.05) is 39.5 Å². The predicted molar refractivity (Wildman–Crippen MR) is 85.8 cm³/mol. The van der Waals surface area contributed by atoms with Crippen molar-refractivity contribution < 1.29 is 0 Å². The molecule has 2 N–H and O–H groups in total. The Bertz CT molecular complexity index is 414. The Morgan fingerprint density at radius 1 is 1.15 bits per heavy atom. The Morgan fingerprint density at radius 2 is 1.85 bits per heavy atom. The van der Waals surface area contributed by atoms with Crippen molar-refractivity contribution in [2.24, 2.45) is 13.0 Å². The van der Waals surface area contributed by atoms with Crippen molar-refractivity contribution in [3.05, 3.63) is 11.3 Å². The molecule has 1 aromatic rings. The molecule has 3 heteroatoms. The molecule has 1 aromatic heterocycles. The number of unbranched alkanes of at least 4 members (excludes halogenated alkanes) is 1. The highest BCUT2D eigenvalue weighted by atomic mass is 15.3. The van der Waals surface area contributed by atoms with Crippen molar-refractivity contribution >= 4 is 5.82 Å². The first-order chi connectivity index (χ1) is 9.67. The van der Waals surface area contributed by atoms with Gasteiger partial charge in [0.25, 0.3) is 0 Å². The van der Waals surface area contributed by atoms with Gasteiger partial charge < -0.3 is 5.73 Å². The van der Waals surface area contributed by atoms with Crippen LogP contribution in [0.3, 0.4) is 0 Å². The van der Waals surface area contributed by atoms with E-state index in [0.717, 1.165) is 24.6 Å². The third kappa shape index (κ3) is 3.36. The second kappa shape index (κ2) is 7.14. The van der Waals surface area contributed by atoms with Crippen molar-refractivity contribution in [2.45, 2.75) is 77.6 Å². The summed E-state index contributed by atoms with van der Waals surface area (Å²) in [5.41, 5.74) is 8.82. The van der Waals surface area contributed by atoms with Crippen LogP contribution in [-0.2, 0) is 13.5 Å². The lowest BCUT2D eigenvalue weighted by atomic mass is 9.77. The number of hydrogen-bond acceptors (Lipinski definition) is 2. The molecule has 0 amide bonds. The third-order valence-electron chi connectivity index (χ3n) is 4.92. The van der Waals surface area contributed by atoms with Crippen LogP contribution in [0.15, 0.2) is 0 Å². The molecular formula is C17H31N3. The lowest BCUT2D eigenvalue weighted by Gasteiger charge is -2.28. The summed E-state index contributed by atoms with van der Waals surface area (Å²) >= 11 is 0. The summed E-state index contributed by atoms with van der Waals surface area (Å²) in [4.78, 5) is 0. The maximum atomic E-state index is 6.19. The van der Waals surface area contributed by atoms with E-state index in [1.807, 2.05) is 11.7 Å². The molecular weight excluding hydrogens is 246 g/mol. The fraction of sp³-hybridized carbons (Fsp3) is 0.824. The maximum absolute atomic E-state index is 6.19. The van der Waals surface area contributed by atoms with Gasteiger partial charge in [0.15, 0.2) is 0 Å². The molecule has 0 spiro atoms. The molecule has 0 unspecified atom stereocenters. The number of hydrogen-bond donors (Lipinski definition) is 1. The van der Waals surface area contributed by atoms with Gasteiger partial charge >= 0.3 is 0 Å². The zero-order valence-electron chi connectivity index (χ0n) is 13.5. The van der Waals surface area contributed by atoms with E-state index in [0.29, 0.717) is 5.92 Å². The van der Waals surface area contributed by atoms with Crippen molar-refractivity contribution in [3.63, 3.8) is 0 Å². The maximum Gasteiger partial charge on any atom is 0.124 e. The second-order valence-corrected chi connectivity index (χ2v) is 6.48. The Balaban J connectivity index is 2.01. The molecule has 1 aliphatic rings. The molecule has 0 aliphatic heterocycles. The minimum Gasteiger partial charge on any atom is -0.384 e. The summed E-state index contributed by atoms with van der Waals surface area (Å²) < 4.78 is 1.88. The molecule has 0 radical (unpaired) electrons. The highest BCUT2D eigenvalue weighted by Crippen LogP contribution is 2.39. The van der Waals surface area contributed by atoms with E-state index in [1.165, 1.54) is 56.2 Å². The van der Waals surface area contributed by atoms with Gasteiger partial charge in [0.2, 0.25) is 0 Å². The summed E-state index contributed by atoms with van der Waals surface area (Å²) in [6, 6.07) is 0. The quantitative estimate of drug-likeness (QED) is 0.836. The Morgan fingerprint density at radius 3 is 2.45 bits per heavy atom. The number of nitrogens with two attached hydrogens (primary N) is 1. The van der Waals surface area contributed by atoms with Crippen LogP contribution in [0.1, 0.15) is 82.4 Å². The van der Waals surface area contributed by atoms with E-state index < -0.39 is 0 Å². The van der Waals surface area contributed by atoms with Gasteiger partial charge in [-0.15, -0.1) is 0 Å². The van der Waals surface area contributed by atoms with Gasteiger partial charge in [0.1, 0.15) is 5.82 Å². The van der Waals surface area contributed by atoms with E-state index in [1.54, 1.807) is 0 Å². The molecule has 1 heterocycles. The zero-order chi connectivity index (χ0) is 14.5. The molecule has 114 valence electrons. The van der Waals surface area contributed by atoms with Gasteiger partial charge in [-0.2, -0.15) is 5.10 Å². The summed E-state index contributed by atoms with van der Waals surface area (Å²) in [6.45, 7) is 4.51. The van der Waals surface area contributed by atoms with Crippen LogP contribution in [0.25, 0.3) is 0 Å². The summed E-state index contributed by atoms with van der Waals surface area (Å²) in [6.07, 6.45) is 11.8. The number of anilines is 1. The lowest BCUT2D eigenvalue weighted by molar-refractivity contribution is 0.300. The summed E-state index contributed by atoms with van der Waals surface area (Å²) in [7, 11) is 1.98. The number of nitrogens with zero attached hydrogens (tertiary/aromatic N) is 2. The number of nitrogen functional groups attached to an aromatic ring is 1. The molecule has 0 atom stereocenters. The third-order valence-corrected chi connectivity index (χ3v) is 4.92. The minimum absolute atomic E-state index is 0.651. The monoisotopic (exact) mass is 277 g/mol. The fourth-order valence-corrected chi connectivity index (χ4v) is 3.65. The Hall–Kier alpha value is -0.990. The van der Waals surface area contributed by atoms with Crippen LogP contribution in [0, 0.1) is 5.92 Å². The van der Waals surface area contributed by atoms with Crippen LogP contribution in [0.2, 0.25) is 0 Å². The standard InChI is InChI=1S/C17H31N3/c1-4-6-8-13-9-11-14(12-10-13)16-15(7-5-2)17(18)20(3)19-16/h13-14H,4-12,18H2,1-3H3. The molecule has 1 aliphatic carbocycles. The van der Waals surface area contributed by atoms with Crippen LogP contribution >= 0.6 is 0 Å². The topological polar surface area (TPSA) is 43.8 Å². The smallest absolute Gasteiger partial charge is 0.124 e. The molecule has 1 saturated carbocycles. The first-order valence-corrected chi connectivity index (χ1v) is 8.48. The molecule has 20 heavy (non-hydrogen) atoms. The molecule has 0 aromatic carbocycles. The largest absolute Gasteiger partial charge is 0.384 e. The Kier molecular flexibility index (Phi) is 5.50. The summed E-state index contributed by atoms with van der Waals surface area (Å²) in [5, 5.41) is 4.73. The first-order valence-electron chi connectivity index (χ1n) is 8.48. The van der Waals surface area contributed by atoms with Gasteiger partial charge in [0, 0.05) is 18.5 Å². The average Bonchev–Trinajstić information content (AvgIpc) is 2.74. The second-order valence-electron chi connectivity index (χ2n) is 6.48. The van der Waals surface area contributed by atoms with Gasteiger partial charge in [-0.3, -0.25) is 4.68 Å². The van der Waals surface area contributed by atoms with Crippen LogP contribution in [0.5, 0.6) is 0 Å². The molecule has 1 fully saturated rings. The predicted octanol–water partition coefficient (Wildman–Crippen LogP) is 4.42. The van der Waals surface area contributed by atoms with E-state index in [9.17, 15) is 0 Å². The number of aryl methyl sites for hydroxylation is 1. The van der Waals surface area contributed by atoms with Gasteiger partial charge in [0.05, 0.1) is 5.69 Å². The van der Waals surface area contributed by atoms with Crippen molar-refractivity contribution in [2.75, 3.05) is 5.73 Å². The number of rotatable bonds is 6. The van der Waals surface area contributed by atoms with E-state index in [-0.39, 0.29) is 0 Å².